The fourth-order valence-electron chi connectivity index (χ4n) is 5.14. The van der Waals surface area contributed by atoms with E-state index in [0.717, 1.165) is 43.4 Å². The Labute approximate surface area is 201 Å². The van der Waals surface area contributed by atoms with E-state index >= 15 is 0 Å². The van der Waals surface area contributed by atoms with Crippen LogP contribution in [-0.2, 0) is 7.05 Å². The van der Waals surface area contributed by atoms with E-state index < -0.39 is 5.82 Å². The SMILES string of the molecule is Cc1cn2cc(NC(=O)c3ccc(N4CC[C@H](NC5(CO)CC5)C4)c4cn(C)nc34)cc(F)c2n1. The Kier molecular flexibility index (Phi) is 5.05. The second-order valence-electron chi connectivity index (χ2n) is 9.86. The summed E-state index contributed by atoms with van der Waals surface area (Å²) in [6, 6.07) is 5.34. The van der Waals surface area contributed by atoms with Crippen molar-refractivity contribution in [2.45, 2.75) is 37.8 Å². The second-order valence-corrected chi connectivity index (χ2v) is 9.86. The van der Waals surface area contributed by atoms with Gasteiger partial charge in [-0.2, -0.15) is 5.10 Å². The van der Waals surface area contributed by atoms with Gasteiger partial charge in [-0.1, -0.05) is 0 Å². The summed E-state index contributed by atoms with van der Waals surface area (Å²) in [5, 5.41) is 21.6. The minimum atomic E-state index is -0.499. The first-order valence-electron chi connectivity index (χ1n) is 11.9. The number of carbonyl (C=O) groups excluding carboxylic acids is 1. The van der Waals surface area contributed by atoms with Crippen LogP contribution in [0.1, 0.15) is 35.3 Å². The first-order chi connectivity index (χ1) is 16.8. The summed E-state index contributed by atoms with van der Waals surface area (Å²) in [5.74, 6) is -0.851. The van der Waals surface area contributed by atoms with Crippen LogP contribution < -0.4 is 15.5 Å². The van der Waals surface area contributed by atoms with Crippen LogP contribution in [-0.4, -0.2) is 61.5 Å². The summed E-state index contributed by atoms with van der Waals surface area (Å²) in [6.07, 6.45) is 8.33. The molecular formula is C25H28FN7O2. The number of amides is 1. The van der Waals surface area contributed by atoms with Gasteiger partial charge in [-0.25, -0.2) is 9.37 Å². The number of rotatable bonds is 6. The Balaban J connectivity index is 1.27. The van der Waals surface area contributed by atoms with Crippen molar-refractivity contribution < 1.29 is 14.3 Å². The lowest BCUT2D eigenvalue weighted by atomic mass is 10.1. The zero-order valence-corrected chi connectivity index (χ0v) is 19.8. The number of pyridine rings is 1. The molecule has 1 amide bonds. The molecule has 1 saturated carbocycles. The van der Waals surface area contributed by atoms with Crippen LogP contribution >= 0.6 is 0 Å². The highest BCUT2D eigenvalue weighted by Gasteiger charge is 2.44. The van der Waals surface area contributed by atoms with E-state index in [9.17, 15) is 14.3 Å². The quantitative estimate of drug-likeness (QED) is 0.395. The van der Waals surface area contributed by atoms with Crippen LogP contribution in [0, 0.1) is 12.7 Å². The topological polar surface area (TPSA) is 99.7 Å². The fourth-order valence-corrected chi connectivity index (χ4v) is 5.14. The molecule has 0 unspecified atom stereocenters. The van der Waals surface area contributed by atoms with Crippen molar-refractivity contribution in [3.05, 3.63) is 53.9 Å². The number of aliphatic hydroxyl groups excluding tert-OH is 1. The lowest BCUT2D eigenvalue weighted by Crippen LogP contribution is -2.44. The van der Waals surface area contributed by atoms with E-state index in [0.29, 0.717) is 28.5 Å². The summed E-state index contributed by atoms with van der Waals surface area (Å²) >= 11 is 0. The minimum absolute atomic E-state index is 0.0931. The van der Waals surface area contributed by atoms with E-state index in [-0.39, 0.29) is 23.7 Å². The van der Waals surface area contributed by atoms with Crippen molar-refractivity contribution in [2.75, 3.05) is 29.9 Å². The lowest BCUT2D eigenvalue weighted by molar-refractivity contribution is 0.102. The molecule has 0 radical (unpaired) electrons. The molecule has 2 aliphatic rings. The Morgan fingerprint density at radius 3 is 2.89 bits per heavy atom. The average molecular weight is 478 g/mol. The molecule has 1 atom stereocenters. The number of carbonyl (C=O) groups is 1. The maximum Gasteiger partial charge on any atom is 0.257 e. The van der Waals surface area contributed by atoms with Crippen LogP contribution in [0.2, 0.25) is 0 Å². The van der Waals surface area contributed by atoms with Gasteiger partial charge in [-0.3, -0.25) is 9.48 Å². The number of hydrogen-bond acceptors (Lipinski definition) is 6. The first kappa shape index (κ1) is 22.0. The summed E-state index contributed by atoms with van der Waals surface area (Å²) in [4.78, 5) is 19.7. The standard InChI is InChI=1S/C25H28FN7O2/c1-15-10-33-12-17(9-20(26)23(33)27-15)28-24(35)18-3-4-21(19-13-31(2)30-22(18)19)32-8-5-16(11-32)29-25(14-34)6-7-25/h3-4,9-10,12-13,16,29,34H,5-8,11,14H2,1-2H3,(H,28,35)/t16-/m0/s1. The van der Waals surface area contributed by atoms with Crippen molar-refractivity contribution >= 4 is 33.8 Å². The summed E-state index contributed by atoms with van der Waals surface area (Å²) in [6.45, 7) is 3.69. The number of fused-ring (bicyclic) bond motifs is 2. The molecule has 10 heteroatoms. The largest absolute Gasteiger partial charge is 0.394 e. The maximum absolute atomic E-state index is 14.5. The number of halogens is 1. The Morgan fingerprint density at radius 1 is 1.29 bits per heavy atom. The number of hydrogen-bond donors (Lipinski definition) is 3. The third-order valence-electron chi connectivity index (χ3n) is 7.09. The summed E-state index contributed by atoms with van der Waals surface area (Å²) in [7, 11) is 1.84. The second kappa shape index (κ2) is 8.03. The summed E-state index contributed by atoms with van der Waals surface area (Å²) < 4.78 is 17.8. The molecule has 1 aromatic carbocycles. The number of imidazole rings is 1. The average Bonchev–Trinajstić information content (AvgIpc) is 3.10. The van der Waals surface area contributed by atoms with E-state index in [1.54, 1.807) is 34.5 Å². The third kappa shape index (κ3) is 3.92. The molecule has 1 aliphatic heterocycles. The maximum atomic E-state index is 14.5. The van der Waals surface area contributed by atoms with Gasteiger partial charge >= 0.3 is 0 Å². The molecule has 2 fully saturated rings. The van der Waals surface area contributed by atoms with Gasteiger partial charge in [0, 0.05) is 67.4 Å². The van der Waals surface area contributed by atoms with Gasteiger partial charge in [0.15, 0.2) is 11.5 Å². The number of aryl methyl sites for hydroxylation is 2. The zero-order chi connectivity index (χ0) is 24.3. The summed E-state index contributed by atoms with van der Waals surface area (Å²) in [5.41, 5.74) is 3.24. The number of nitrogens with one attached hydrogen (secondary N) is 2. The molecule has 0 bridgehead atoms. The van der Waals surface area contributed by atoms with Gasteiger partial charge in [0.05, 0.1) is 23.6 Å². The van der Waals surface area contributed by atoms with E-state index in [1.807, 2.05) is 19.3 Å². The van der Waals surface area contributed by atoms with Gasteiger partial charge in [0.1, 0.15) is 5.52 Å². The van der Waals surface area contributed by atoms with E-state index in [4.69, 9.17) is 0 Å². The predicted molar refractivity (Wildman–Crippen MR) is 131 cm³/mol. The number of benzene rings is 1. The number of anilines is 2. The highest BCUT2D eigenvalue weighted by atomic mass is 19.1. The molecule has 1 saturated heterocycles. The number of aromatic nitrogens is 4. The van der Waals surface area contributed by atoms with Gasteiger partial charge in [-0.15, -0.1) is 0 Å². The Bertz CT molecular complexity index is 1460. The van der Waals surface area contributed by atoms with Crippen molar-refractivity contribution in [1.29, 1.82) is 0 Å². The van der Waals surface area contributed by atoms with Crippen LogP contribution in [0.3, 0.4) is 0 Å². The monoisotopic (exact) mass is 477 g/mol. The molecule has 35 heavy (non-hydrogen) atoms. The molecule has 9 nitrogen and oxygen atoms in total. The van der Waals surface area contributed by atoms with Crippen molar-refractivity contribution in [2.24, 2.45) is 7.05 Å². The van der Waals surface area contributed by atoms with Gasteiger partial charge in [-0.05, 0) is 38.3 Å². The minimum Gasteiger partial charge on any atom is -0.394 e. The zero-order valence-electron chi connectivity index (χ0n) is 19.8. The highest BCUT2D eigenvalue weighted by molar-refractivity contribution is 6.13. The number of aliphatic hydroxyl groups is 1. The van der Waals surface area contributed by atoms with Gasteiger partial charge in [0.25, 0.3) is 5.91 Å². The molecule has 6 rings (SSSR count). The smallest absolute Gasteiger partial charge is 0.257 e. The van der Waals surface area contributed by atoms with Crippen molar-refractivity contribution in [1.82, 2.24) is 24.5 Å². The molecule has 4 aromatic rings. The molecule has 3 N–H and O–H groups in total. The van der Waals surface area contributed by atoms with Crippen LogP contribution in [0.5, 0.6) is 0 Å². The Morgan fingerprint density at radius 2 is 2.11 bits per heavy atom. The van der Waals surface area contributed by atoms with Crippen molar-refractivity contribution in [3.63, 3.8) is 0 Å². The highest BCUT2D eigenvalue weighted by Crippen LogP contribution is 2.37. The van der Waals surface area contributed by atoms with E-state index in [1.165, 1.54) is 6.07 Å². The van der Waals surface area contributed by atoms with Crippen LogP contribution in [0.4, 0.5) is 15.8 Å². The number of nitrogens with zero attached hydrogens (tertiary/aromatic N) is 5. The van der Waals surface area contributed by atoms with Gasteiger partial charge in [0.2, 0.25) is 0 Å². The molecular weight excluding hydrogens is 449 g/mol. The van der Waals surface area contributed by atoms with E-state index in [2.05, 4.69) is 25.6 Å². The third-order valence-corrected chi connectivity index (χ3v) is 7.09. The molecule has 182 valence electrons. The Hall–Kier alpha value is -3.50. The van der Waals surface area contributed by atoms with Crippen molar-refractivity contribution in [3.8, 4) is 0 Å². The first-order valence-corrected chi connectivity index (χ1v) is 11.9. The predicted octanol–water partition coefficient (Wildman–Crippen LogP) is 2.61. The fraction of sp³-hybridized carbons (Fsp3) is 0.400. The molecule has 4 heterocycles. The molecule has 1 aliphatic carbocycles. The molecule has 3 aromatic heterocycles. The normalized spacial score (nSPS) is 19.1. The van der Waals surface area contributed by atoms with Crippen LogP contribution in [0.15, 0.2) is 36.8 Å². The van der Waals surface area contributed by atoms with Crippen LogP contribution in [0.25, 0.3) is 16.6 Å². The lowest BCUT2D eigenvalue weighted by Gasteiger charge is -2.23. The molecule has 0 spiro atoms. The van der Waals surface area contributed by atoms with Gasteiger partial charge < -0.3 is 25.0 Å².